The zero-order valence-corrected chi connectivity index (χ0v) is 17.3. The fraction of sp³-hybridized carbons (Fsp3) is 0.375. The number of halogens is 1. The predicted molar refractivity (Wildman–Crippen MR) is 115 cm³/mol. The molecule has 1 spiro atoms. The second kappa shape index (κ2) is 9.39. The van der Waals surface area contributed by atoms with E-state index >= 15 is 0 Å². The summed E-state index contributed by atoms with van der Waals surface area (Å²) in [4.78, 5) is 30.5. The molecular formula is C24H26FN3O3. The summed E-state index contributed by atoms with van der Waals surface area (Å²) >= 11 is 0. The largest absolute Gasteiger partial charge is 0.370 e. The van der Waals surface area contributed by atoms with E-state index in [0.717, 1.165) is 25.7 Å². The molecule has 2 aliphatic heterocycles. The molecule has 1 atom stereocenters. The molecule has 4 rings (SSSR count). The maximum absolute atomic E-state index is 13.2. The molecular weight excluding hydrogens is 397 g/mol. The van der Waals surface area contributed by atoms with Gasteiger partial charge < -0.3 is 15.0 Å². The van der Waals surface area contributed by atoms with Gasteiger partial charge in [0.25, 0.3) is 5.91 Å². The minimum atomic E-state index is -0.333. The Bertz CT molecular complexity index is 956. The van der Waals surface area contributed by atoms with Crippen molar-refractivity contribution in [1.82, 2.24) is 15.2 Å². The maximum atomic E-state index is 13.2. The van der Waals surface area contributed by atoms with Crippen molar-refractivity contribution >= 4 is 17.9 Å². The molecule has 1 unspecified atom stereocenters. The first-order valence-electron chi connectivity index (χ1n) is 10.6. The molecule has 2 amide bonds. The SMILES string of the molecule is O=C(/C=C/c1cccc(F)c1)NCC1CCC2(CCN(C(=O)c3ccncc3)CC2)O1. The molecule has 2 aliphatic rings. The summed E-state index contributed by atoms with van der Waals surface area (Å²) in [5.41, 5.74) is 1.09. The standard InChI is InChI=1S/C24H26FN3O3/c25-20-3-1-2-18(16-20)4-5-22(29)27-17-21-6-9-24(31-21)10-14-28(15-11-24)23(30)19-7-12-26-13-8-19/h1-5,7-8,12-13,16,21H,6,9-11,14-15,17H2,(H,27,29)/b5-4+. The van der Waals surface area contributed by atoms with Crippen molar-refractivity contribution in [2.75, 3.05) is 19.6 Å². The number of hydrogen-bond donors (Lipinski definition) is 1. The van der Waals surface area contributed by atoms with E-state index in [1.807, 2.05) is 4.90 Å². The van der Waals surface area contributed by atoms with Crippen molar-refractivity contribution in [3.63, 3.8) is 0 Å². The van der Waals surface area contributed by atoms with Crippen LogP contribution < -0.4 is 5.32 Å². The summed E-state index contributed by atoms with van der Waals surface area (Å²) in [5, 5.41) is 2.87. The van der Waals surface area contributed by atoms with Crippen LogP contribution in [0.4, 0.5) is 4.39 Å². The van der Waals surface area contributed by atoms with Crippen LogP contribution in [0.5, 0.6) is 0 Å². The molecule has 1 aromatic heterocycles. The highest BCUT2D eigenvalue weighted by atomic mass is 19.1. The minimum absolute atomic E-state index is 0.0316. The van der Waals surface area contributed by atoms with E-state index in [1.165, 1.54) is 18.2 Å². The molecule has 0 bridgehead atoms. The average Bonchev–Trinajstić information content (AvgIpc) is 3.19. The number of ether oxygens (including phenoxy) is 1. The zero-order chi connectivity index (χ0) is 21.7. The van der Waals surface area contributed by atoms with Crippen molar-refractivity contribution in [3.8, 4) is 0 Å². The lowest BCUT2D eigenvalue weighted by Gasteiger charge is -2.39. The Kier molecular flexibility index (Phi) is 6.42. The number of nitrogens with one attached hydrogen (secondary N) is 1. The third-order valence-corrected chi connectivity index (χ3v) is 6.01. The molecule has 3 heterocycles. The van der Waals surface area contributed by atoms with Crippen molar-refractivity contribution in [2.45, 2.75) is 37.4 Å². The summed E-state index contributed by atoms with van der Waals surface area (Å²) in [5.74, 6) is -0.531. The Morgan fingerprint density at radius 3 is 2.71 bits per heavy atom. The molecule has 0 saturated carbocycles. The van der Waals surface area contributed by atoms with Gasteiger partial charge in [-0.3, -0.25) is 14.6 Å². The number of piperidine rings is 1. The van der Waals surface area contributed by atoms with Crippen molar-refractivity contribution in [1.29, 1.82) is 0 Å². The number of rotatable bonds is 5. The van der Waals surface area contributed by atoms with Crippen LogP contribution >= 0.6 is 0 Å². The Hall–Kier alpha value is -3.06. The molecule has 162 valence electrons. The van der Waals surface area contributed by atoms with Crippen LogP contribution in [0.15, 0.2) is 54.9 Å². The predicted octanol–water partition coefficient (Wildman–Crippen LogP) is 3.20. The maximum Gasteiger partial charge on any atom is 0.253 e. The average molecular weight is 423 g/mol. The van der Waals surface area contributed by atoms with Gasteiger partial charge >= 0.3 is 0 Å². The van der Waals surface area contributed by atoms with Crippen molar-refractivity contribution in [2.24, 2.45) is 0 Å². The fourth-order valence-corrected chi connectivity index (χ4v) is 4.26. The third kappa shape index (κ3) is 5.35. The van der Waals surface area contributed by atoms with Gasteiger partial charge in [0, 0.05) is 43.7 Å². The topological polar surface area (TPSA) is 71.5 Å². The van der Waals surface area contributed by atoms with E-state index in [0.29, 0.717) is 30.8 Å². The molecule has 0 radical (unpaired) electrons. The van der Waals surface area contributed by atoms with Gasteiger partial charge in [-0.2, -0.15) is 0 Å². The monoisotopic (exact) mass is 423 g/mol. The number of amides is 2. The quantitative estimate of drug-likeness (QED) is 0.750. The summed E-state index contributed by atoms with van der Waals surface area (Å²) in [6, 6.07) is 9.56. The molecule has 31 heavy (non-hydrogen) atoms. The van der Waals surface area contributed by atoms with Crippen LogP contribution in [0.2, 0.25) is 0 Å². The minimum Gasteiger partial charge on any atom is -0.370 e. The summed E-state index contributed by atoms with van der Waals surface area (Å²) in [7, 11) is 0. The van der Waals surface area contributed by atoms with Crippen molar-refractivity contribution in [3.05, 3.63) is 71.8 Å². The number of benzene rings is 1. The van der Waals surface area contributed by atoms with E-state index in [-0.39, 0.29) is 29.3 Å². The van der Waals surface area contributed by atoms with Gasteiger partial charge in [-0.25, -0.2) is 4.39 Å². The zero-order valence-electron chi connectivity index (χ0n) is 17.3. The number of pyridine rings is 1. The Morgan fingerprint density at radius 2 is 1.97 bits per heavy atom. The van der Waals surface area contributed by atoms with Crippen LogP contribution in [0.3, 0.4) is 0 Å². The Labute approximate surface area is 181 Å². The molecule has 6 nitrogen and oxygen atoms in total. The van der Waals surface area contributed by atoms with E-state index in [2.05, 4.69) is 10.3 Å². The van der Waals surface area contributed by atoms with E-state index in [1.54, 1.807) is 42.7 Å². The normalized spacial score (nSPS) is 20.3. The number of nitrogens with zero attached hydrogens (tertiary/aromatic N) is 2. The lowest BCUT2D eigenvalue weighted by atomic mass is 9.88. The van der Waals surface area contributed by atoms with Gasteiger partial charge in [0.1, 0.15) is 5.82 Å². The molecule has 1 aromatic carbocycles. The first kappa shape index (κ1) is 21.2. The molecule has 1 N–H and O–H groups in total. The molecule has 2 fully saturated rings. The van der Waals surface area contributed by atoms with Crippen LogP contribution in [0.25, 0.3) is 6.08 Å². The van der Waals surface area contributed by atoms with Gasteiger partial charge in [0.2, 0.25) is 5.91 Å². The van der Waals surface area contributed by atoms with Crippen molar-refractivity contribution < 1.29 is 18.7 Å². The number of likely N-dealkylation sites (tertiary alicyclic amines) is 1. The van der Waals surface area contributed by atoms with Gasteiger partial charge in [0.15, 0.2) is 0 Å². The first-order chi connectivity index (χ1) is 15.0. The smallest absolute Gasteiger partial charge is 0.253 e. The van der Waals surface area contributed by atoms with Crippen LogP contribution in [-0.4, -0.2) is 53.0 Å². The lowest BCUT2D eigenvalue weighted by molar-refractivity contribution is -0.118. The van der Waals surface area contributed by atoms with E-state index in [9.17, 15) is 14.0 Å². The summed E-state index contributed by atoms with van der Waals surface area (Å²) in [6.07, 6.45) is 9.63. The summed E-state index contributed by atoms with van der Waals surface area (Å²) < 4.78 is 19.5. The highest BCUT2D eigenvalue weighted by Crippen LogP contribution is 2.39. The van der Waals surface area contributed by atoms with E-state index < -0.39 is 0 Å². The number of aromatic nitrogens is 1. The molecule has 0 aliphatic carbocycles. The van der Waals surface area contributed by atoms with Gasteiger partial charge in [-0.1, -0.05) is 12.1 Å². The summed E-state index contributed by atoms with van der Waals surface area (Å²) in [6.45, 7) is 1.76. The van der Waals surface area contributed by atoms with E-state index in [4.69, 9.17) is 4.74 Å². The number of carbonyl (C=O) groups is 2. The number of carbonyl (C=O) groups excluding carboxylic acids is 2. The fourth-order valence-electron chi connectivity index (χ4n) is 4.26. The number of hydrogen-bond acceptors (Lipinski definition) is 4. The Morgan fingerprint density at radius 1 is 1.19 bits per heavy atom. The lowest BCUT2D eigenvalue weighted by Crippen LogP contribution is -2.47. The third-order valence-electron chi connectivity index (χ3n) is 6.01. The van der Waals surface area contributed by atoms with Gasteiger partial charge in [-0.05, 0) is 61.6 Å². The first-order valence-corrected chi connectivity index (χ1v) is 10.6. The van der Waals surface area contributed by atoms with Crippen LogP contribution in [0, 0.1) is 5.82 Å². The highest BCUT2D eigenvalue weighted by Gasteiger charge is 2.43. The second-order valence-electron chi connectivity index (χ2n) is 8.12. The molecule has 7 heteroatoms. The van der Waals surface area contributed by atoms with Crippen LogP contribution in [0.1, 0.15) is 41.6 Å². The van der Waals surface area contributed by atoms with Gasteiger partial charge in [0.05, 0.1) is 11.7 Å². The molecule has 2 aromatic rings. The van der Waals surface area contributed by atoms with Gasteiger partial charge in [-0.15, -0.1) is 0 Å². The second-order valence-corrected chi connectivity index (χ2v) is 8.12. The Balaban J connectivity index is 1.22. The highest BCUT2D eigenvalue weighted by molar-refractivity contribution is 5.94. The molecule has 2 saturated heterocycles. The van der Waals surface area contributed by atoms with Crippen LogP contribution in [-0.2, 0) is 9.53 Å².